The van der Waals surface area contributed by atoms with Crippen LogP contribution in [0, 0.1) is 0 Å². The molecule has 18 heavy (non-hydrogen) atoms. The molecule has 1 saturated carbocycles. The molecule has 5 nitrogen and oxygen atoms in total. The van der Waals surface area contributed by atoms with Gasteiger partial charge < -0.3 is 20.1 Å². The number of aliphatic imine (C=N–C) groups is 1. The first-order valence-electron chi connectivity index (χ1n) is 7.12. The van der Waals surface area contributed by atoms with E-state index in [1.807, 2.05) is 0 Å². The second-order valence-corrected chi connectivity index (χ2v) is 4.92. The van der Waals surface area contributed by atoms with E-state index in [9.17, 15) is 0 Å². The molecule has 1 saturated heterocycles. The van der Waals surface area contributed by atoms with Gasteiger partial charge in [-0.1, -0.05) is 0 Å². The van der Waals surface area contributed by atoms with Crippen molar-refractivity contribution in [3.63, 3.8) is 0 Å². The predicted octanol–water partition coefficient (Wildman–Crippen LogP) is 1.25. The van der Waals surface area contributed by atoms with E-state index < -0.39 is 0 Å². The van der Waals surface area contributed by atoms with E-state index in [-0.39, 0.29) is 11.9 Å². The fourth-order valence-corrected chi connectivity index (χ4v) is 2.58. The number of rotatable bonds is 4. The molecule has 1 heterocycles. The van der Waals surface area contributed by atoms with E-state index in [0.717, 1.165) is 31.9 Å². The maximum absolute atomic E-state index is 6.03. The van der Waals surface area contributed by atoms with Crippen LogP contribution >= 0.6 is 0 Å². The van der Waals surface area contributed by atoms with Crippen LogP contribution in [0.3, 0.4) is 0 Å². The largest absolute Gasteiger partial charge is 0.357 e. The number of guanidine groups is 1. The summed E-state index contributed by atoms with van der Waals surface area (Å²) in [7, 11) is 0. The molecule has 1 aliphatic carbocycles. The molecule has 0 bridgehead atoms. The lowest BCUT2D eigenvalue weighted by molar-refractivity contribution is -0.160. The zero-order valence-corrected chi connectivity index (χ0v) is 11.5. The number of hydrogen-bond acceptors (Lipinski definition) is 3. The lowest BCUT2D eigenvalue weighted by Gasteiger charge is -2.21. The van der Waals surface area contributed by atoms with Crippen molar-refractivity contribution in [1.29, 1.82) is 0 Å². The summed E-state index contributed by atoms with van der Waals surface area (Å²) < 4.78 is 11.9. The molecule has 0 aromatic rings. The molecule has 2 aliphatic rings. The summed E-state index contributed by atoms with van der Waals surface area (Å²) in [5.74, 6) is 0.590. The zero-order chi connectivity index (χ0) is 12.8. The molecular formula is C13H25N3O2. The second kappa shape index (κ2) is 6.38. The van der Waals surface area contributed by atoms with Gasteiger partial charge >= 0.3 is 0 Å². The molecule has 2 N–H and O–H groups in total. The van der Waals surface area contributed by atoms with Gasteiger partial charge in [-0.05, 0) is 26.7 Å². The molecule has 0 radical (unpaired) electrons. The number of nitrogens with one attached hydrogen (secondary N) is 2. The summed E-state index contributed by atoms with van der Waals surface area (Å²) in [4.78, 5) is 4.53. The van der Waals surface area contributed by atoms with Crippen molar-refractivity contribution in [3.8, 4) is 0 Å². The van der Waals surface area contributed by atoms with Crippen LogP contribution in [0.5, 0.6) is 0 Å². The van der Waals surface area contributed by atoms with Crippen molar-refractivity contribution in [2.75, 3.05) is 26.2 Å². The average Bonchev–Trinajstić information content (AvgIpc) is 2.98. The van der Waals surface area contributed by atoms with Crippen molar-refractivity contribution in [2.24, 2.45) is 4.99 Å². The molecule has 104 valence electrons. The van der Waals surface area contributed by atoms with Gasteiger partial charge in [-0.2, -0.15) is 0 Å². The van der Waals surface area contributed by atoms with Gasteiger partial charge in [-0.15, -0.1) is 0 Å². The number of nitrogens with zero attached hydrogens (tertiary/aromatic N) is 1. The Balaban J connectivity index is 1.81. The number of ether oxygens (including phenoxy) is 2. The third kappa shape index (κ3) is 3.36. The molecule has 1 atom stereocenters. The summed E-state index contributed by atoms with van der Waals surface area (Å²) in [5.41, 5.74) is 0. The lowest BCUT2D eigenvalue weighted by Crippen LogP contribution is -2.38. The van der Waals surface area contributed by atoms with E-state index in [2.05, 4.69) is 29.5 Å². The Labute approximate surface area is 109 Å². The van der Waals surface area contributed by atoms with Gasteiger partial charge in [0, 0.05) is 25.9 Å². The van der Waals surface area contributed by atoms with E-state index in [1.54, 1.807) is 0 Å². The Morgan fingerprint density at radius 3 is 2.50 bits per heavy atom. The minimum absolute atomic E-state index is 0.107. The lowest BCUT2D eigenvalue weighted by atomic mass is 10.2. The van der Waals surface area contributed by atoms with E-state index in [0.29, 0.717) is 13.2 Å². The molecular weight excluding hydrogens is 230 g/mol. The highest BCUT2D eigenvalue weighted by molar-refractivity contribution is 5.79. The van der Waals surface area contributed by atoms with Crippen LogP contribution in [0.4, 0.5) is 0 Å². The fourth-order valence-electron chi connectivity index (χ4n) is 2.58. The molecule has 1 spiro atoms. The molecule has 5 heteroatoms. The second-order valence-electron chi connectivity index (χ2n) is 4.92. The summed E-state index contributed by atoms with van der Waals surface area (Å²) in [6.45, 7) is 7.22. The molecule has 0 aromatic carbocycles. The predicted molar refractivity (Wildman–Crippen MR) is 71.7 cm³/mol. The Morgan fingerprint density at radius 1 is 1.22 bits per heavy atom. The normalized spacial score (nSPS) is 25.3. The molecule has 0 unspecified atom stereocenters. The zero-order valence-electron chi connectivity index (χ0n) is 11.5. The van der Waals surface area contributed by atoms with Crippen molar-refractivity contribution >= 4 is 5.96 Å². The van der Waals surface area contributed by atoms with E-state index >= 15 is 0 Å². The van der Waals surface area contributed by atoms with Crippen molar-refractivity contribution in [1.82, 2.24) is 10.6 Å². The van der Waals surface area contributed by atoms with Crippen molar-refractivity contribution in [2.45, 2.75) is 51.4 Å². The van der Waals surface area contributed by atoms with Gasteiger partial charge in [0.25, 0.3) is 0 Å². The maximum atomic E-state index is 6.03. The molecule has 0 amide bonds. The first kappa shape index (κ1) is 13.6. The highest BCUT2D eigenvalue weighted by Crippen LogP contribution is 2.39. The maximum Gasteiger partial charge on any atom is 0.191 e. The molecule has 2 rings (SSSR count). The molecule has 0 aromatic heterocycles. The Morgan fingerprint density at radius 2 is 1.89 bits per heavy atom. The summed E-state index contributed by atoms with van der Waals surface area (Å²) in [6, 6.07) is 0. The third-order valence-corrected chi connectivity index (χ3v) is 3.42. The quantitative estimate of drug-likeness (QED) is 0.586. The van der Waals surface area contributed by atoms with Crippen LogP contribution in [0.2, 0.25) is 0 Å². The third-order valence-electron chi connectivity index (χ3n) is 3.42. The van der Waals surface area contributed by atoms with Crippen LogP contribution in [-0.4, -0.2) is 44.1 Å². The number of hydrogen-bond donors (Lipinski definition) is 2. The standard InChI is InChI=1S/C13H25N3O2/c1-3-14-12(15-4-2)16-9-11-10-17-13(18-11)7-5-6-8-13/h11H,3-10H2,1-2H3,(H2,14,15,16)/t11-/m1/s1. The summed E-state index contributed by atoms with van der Waals surface area (Å²) in [5, 5.41) is 6.42. The van der Waals surface area contributed by atoms with Gasteiger partial charge in [0.2, 0.25) is 0 Å². The van der Waals surface area contributed by atoms with Crippen LogP contribution in [-0.2, 0) is 9.47 Å². The van der Waals surface area contributed by atoms with Gasteiger partial charge in [-0.3, -0.25) is 4.99 Å². The van der Waals surface area contributed by atoms with Gasteiger partial charge in [-0.25, -0.2) is 0 Å². The Hall–Kier alpha value is -0.810. The fraction of sp³-hybridized carbons (Fsp3) is 0.923. The summed E-state index contributed by atoms with van der Waals surface area (Å²) >= 11 is 0. The van der Waals surface area contributed by atoms with Crippen LogP contribution in [0.25, 0.3) is 0 Å². The first-order chi connectivity index (χ1) is 8.78. The van der Waals surface area contributed by atoms with Crippen LogP contribution in [0.1, 0.15) is 39.5 Å². The minimum Gasteiger partial charge on any atom is -0.357 e. The first-order valence-corrected chi connectivity index (χ1v) is 7.12. The molecule has 2 fully saturated rings. The van der Waals surface area contributed by atoms with Gasteiger partial charge in [0.15, 0.2) is 11.7 Å². The SMILES string of the molecule is CCNC(=NC[C@@H]1COC2(CCCC2)O1)NCC. The highest BCUT2D eigenvalue weighted by atomic mass is 16.7. The van der Waals surface area contributed by atoms with Crippen LogP contribution in [0.15, 0.2) is 4.99 Å². The van der Waals surface area contributed by atoms with Gasteiger partial charge in [0.05, 0.1) is 13.2 Å². The highest BCUT2D eigenvalue weighted by Gasteiger charge is 2.43. The smallest absolute Gasteiger partial charge is 0.191 e. The van der Waals surface area contributed by atoms with Crippen LogP contribution < -0.4 is 10.6 Å². The molecule has 1 aliphatic heterocycles. The van der Waals surface area contributed by atoms with E-state index in [1.165, 1.54) is 12.8 Å². The minimum atomic E-state index is -0.267. The van der Waals surface area contributed by atoms with Crippen molar-refractivity contribution in [3.05, 3.63) is 0 Å². The van der Waals surface area contributed by atoms with Crippen molar-refractivity contribution < 1.29 is 9.47 Å². The monoisotopic (exact) mass is 255 g/mol. The Bertz CT molecular complexity index is 280. The average molecular weight is 255 g/mol. The van der Waals surface area contributed by atoms with Gasteiger partial charge in [0.1, 0.15) is 6.10 Å². The summed E-state index contributed by atoms with van der Waals surface area (Å²) in [6.07, 6.45) is 4.63. The Kier molecular flexibility index (Phi) is 4.83. The van der Waals surface area contributed by atoms with E-state index in [4.69, 9.17) is 9.47 Å². The topological polar surface area (TPSA) is 54.9 Å².